The molecule has 3 aliphatic rings. The lowest BCUT2D eigenvalue weighted by Gasteiger charge is -2.33. The number of allylic oxidation sites excluding steroid dienone is 9. The molecule has 0 saturated heterocycles. The molecule has 6 rings (SSSR count). The Kier molecular flexibility index (Phi) is 4.81. The van der Waals surface area contributed by atoms with Crippen molar-refractivity contribution in [1.82, 2.24) is 15.0 Å². The Morgan fingerprint density at radius 3 is 2.03 bits per heavy atom. The Labute approximate surface area is 199 Å². The Morgan fingerprint density at radius 2 is 1.38 bits per heavy atom. The molecule has 0 bridgehead atoms. The topological polar surface area (TPSA) is 38.7 Å². The zero-order valence-corrected chi connectivity index (χ0v) is 19.5. The van der Waals surface area contributed by atoms with Crippen molar-refractivity contribution in [3.05, 3.63) is 117 Å². The molecule has 2 heterocycles. The van der Waals surface area contributed by atoms with Crippen LogP contribution in [0, 0.1) is 5.41 Å². The van der Waals surface area contributed by atoms with Crippen LogP contribution in [-0.2, 0) is 0 Å². The molecule has 0 fully saturated rings. The molecule has 3 nitrogen and oxygen atoms in total. The average molecular weight is 496 g/mol. The van der Waals surface area contributed by atoms with Crippen molar-refractivity contribution >= 4 is 33.3 Å². The van der Waals surface area contributed by atoms with Gasteiger partial charge in [0.25, 0.3) is 0 Å². The van der Waals surface area contributed by atoms with Crippen LogP contribution in [-0.4, -0.2) is 15.0 Å². The number of halogens is 1. The van der Waals surface area contributed by atoms with Gasteiger partial charge < -0.3 is 0 Å². The van der Waals surface area contributed by atoms with E-state index >= 15 is 0 Å². The van der Waals surface area contributed by atoms with E-state index in [1.807, 2.05) is 60.7 Å². The molecule has 1 unspecified atom stereocenters. The average Bonchev–Trinajstić information content (AvgIpc) is 3.17. The predicted octanol–water partition coefficient (Wildman–Crippen LogP) is 7.34. The van der Waals surface area contributed by atoms with Crippen LogP contribution < -0.4 is 0 Å². The summed E-state index contributed by atoms with van der Waals surface area (Å²) in [6.07, 6.45) is 14.1. The van der Waals surface area contributed by atoms with E-state index < -0.39 is 0 Å². The van der Waals surface area contributed by atoms with Crippen LogP contribution in [0.15, 0.2) is 111 Å². The van der Waals surface area contributed by atoms with Crippen molar-refractivity contribution in [1.29, 1.82) is 0 Å². The minimum atomic E-state index is -0.144. The van der Waals surface area contributed by atoms with Crippen molar-refractivity contribution < 1.29 is 0 Å². The third-order valence-electron chi connectivity index (χ3n) is 5.95. The maximum Gasteiger partial charge on any atom is 0.164 e. The van der Waals surface area contributed by atoms with Gasteiger partial charge in [-0.3, -0.25) is 0 Å². The van der Waals surface area contributed by atoms with E-state index in [4.69, 9.17) is 15.0 Å². The minimum absolute atomic E-state index is 0.144. The number of hydrogen-bond acceptors (Lipinski definition) is 4. The first-order valence-electron chi connectivity index (χ1n) is 10.5. The fourth-order valence-corrected chi connectivity index (χ4v) is 6.62. The fourth-order valence-electron chi connectivity index (χ4n) is 4.39. The summed E-state index contributed by atoms with van der Waals surface area (Å²) in [6, 6.07) is 20.2. The van der Waals surface area contributed by atoms with E-state index in [9.17, 15) is 0 Å². The molecule has 0 amide bonds. The molecule has 1 spiro atoms. The highest BCUT2D eigenvalue weighted by Gasteiger charge is 2.45. The van der Waals surface area contributed by atoms with E-state index in [1.54, 1.807) is 11.8 Å². The van der Waals surface area contributed by atoms with Crippen molar-refractivity contribution in [3.8, 4) is 22.8 Å². The highest BCUT2D eigenvalue weighted by atomic mass is 79.9. The lowest BCUT2D eigenvalue weighted by molar-refractivity contribution is 0.599. The second-order valence-corrected chi connectivity index (χ2v) is 10.2. The first-order chi connectivity index (χ1) is 15.7. The van der Waals surface area contributed by atoms with Gasteiger partial charge in [-0.2, -0.15) is 0 Å². The monoisotopic (exact) mass is 495 g/mol. The van der Waals surface area contributed by atoms with Gasteiger partial charge in [0.05, 0.1) is 9.23 Å². The third-order valence-corrected chi connectivity index (χ3v) is 8.05. The molecule has 1 aromatic heterocycles. The molecule has 0 radical (unpaired) electrons. The van der Waals surface area contributed by atoms with E-state index in [-0.39, 0.29) is 5.41 Å². The van der Waals surface area contributed by atoms with Crippen LogP contribution in [0.1, 0.15) is 12.2 Å². The molecule has 0 N–H and O–H groups in total. The van der Waals surface area contributed by atoms with Crippen LogP contribution in [0.3, 0.4) is 0 Å². The molecule has 3 aromatic rings. The molecule has 1 atom stereocenters. The van der Waals surface area contributed by atoms with Gasteiger partial charge in [0.2, 0.25) is 0 Å². The summed E-state index contributed by atoms with van der Waals surface area (Å²) >= 11 is 5.58. The van der Waals surface area contributed by atoms with Crippen LogP contribution in [0.5, 0.6) is 0 Å². The Balaban J connectivity index is 1.58. The number of rotatable bonds is 3. The Hall–Kier alpha value is -3.02. The molecule has 5 heteroatoms. The molecule has 2 aliphatic carbocycles. The molecular formula is C27H18BrN3S. The van der Waals surface area contributed by atoms with E-state index in [0.717, 1.165) is 26.9 Å². The van der Waals surface area contributed by atoms with Gasteiger partial charge in [-0.15, -0.1) is 0 Å². The van der Waals surface area contributed by atoms with E-state index in [1.165, 1.54) is 10.5 Å². The number of thioether (sulfide) groups is 1. The highest BCUT2D eigenvalue weighted by Crippen LogP contribution is 2.63. The van der Waals surface area contributed by atoms with Crippen LogP contribution >= 0.6 is 27.7 Å². The molecule has 32 heavy (non-hydrogen) atoms. The van der Waals surface area contributed by atoms with E-state index in [2.05, 4.69) is 52.4 Å². The second-order valence-electron chi connectivity index (χ2n) is 7.87. The molecular weight excluding hydrogens is 478 g/mol. The van der Waals surface area contributed by atoms with Crippen LogP contribution in [0.2, 0.25) is 0 Å². The highest BCUT2D eigenvalue weighted by molar-refractivity contribution is 9.14. The summed E-state index contributed by atoms with van der Waals surface area (Å²) in [7, 11) is 0. The van der Waals surface area contributed by atoms with Gasteiger partial charge in [0, 0.05) is 21.6 Å². The summed E-state index contributed by atoms with van der Waals surface area (Å²) in [4.78, 5) is 16.0. The van der Waals surface area contributed by atoms with Crippen LogP contribution in [0.25, 0.3) is 28.3 Å². The van der Waals surface area contributed by atoms with Crippen LogP contribution in [0.4, 0.5) is 0 Å². The van der Waals surface area contributed by atoms with Crippen molar-refractivity contribution in [2.24, 2.45) is 5.41 Å². The van der Waals surface area contributed by atoms with Gasteiger partial charge in [0.1, 0.15) is 0 Å². The number of benzene rings is 2. The molecule has 154 valence electrons. The predicted molar refractivity (Wildman–Crippen MR) is 136 cm³/mol. The summed E-state index contributed by atoms with van der Waals surface area (Å²) in [5.41, 5.74) is 4.18. The first-order valence-corrected chi connectivity index (χ1v) is 12.1. The van der Waals surface area contributed by atoms with Crippen molar-refractivity contribution in [3.63, 3.8) is 0 Å². The molecule has 0 saturated carbocycles. The summed E-state index contributed by atoms with van der Waals surface area (Å²) in [5, 5.41) is 0. The maximum atomic E-state index is 4.95. The Bertz CT molecular complexity index is 1310. The number of nitrogens with zero attached hydrogens (tertiary/aromatic N) is 3. The number of aromatic nitrogens is 3. The molecule has 1 aliphatic heterocycles. The minimum Gasteiger partial charge on any atom is -0.208 e. The fraction of sp³-hybridized carbons (Fsp3) is 0.0741. The Morgan fingerprint density at radius 1 is 0.750 bits per heavy atom. The normalized spacial score (nSPS) is 21.2. The van der Waals surface area contributed by atoms with E-state index in [0.29, 0.717) is 17.5 Å². The van der Waals surface area contributed by atoms with Gasteiger partial charge in [-0.05, 0) is 27.9 Å². The number of hydrogen-bond donors (Lipinski definition) is 0. The lowest BCUT2D eigenvalue weighted by atomic mass is 9.72. The standard InChI is InChI=1S/C27H18BrN3S/c28-23-21-15-7-8-16-27(21)17-9-14-20(22(27)32-23)26-30-24(18-10-3-1-4-11-18)29-25(31-26)19-12-5-2-6-13-19/h1-16H,17H2. The second kappa shape index (κ2) is 7.84. The van der Waals surface area contributed by atoms with Crippen molar-refractivity contribution in [2.75, 3.05) is 0 Å². The molecule has 2 aromatic carbocycles. The summed E-state index contributed by atoms with van der Waals surface area (Å²) < 4.78 is 1.16. The van der Waals surface area contributed by atoms with Gasteiger partial charge in [-0.25, -0.2) is 15.0 Å². The first kappa shape index (κ1) is 19.6. The zero-order valence-electron chi connectivity index (χ0n) is 17.1. The lowest BCUT2D eigenvalue weighted by Crippen LogP contribution is -2.22. The zero-order chi connectivity index (χ0) is 21.5. The smallest absolute Gasteiger partial charge is 0.164 e. The quantitative estimate of drug-likeness (QED) is 0.380. The summed E-state index contributed by atoms with van der Waals surface area (Å²) in [6.45, 7) is 0. The van der Waals surface area contributed by atoms with Gasteiger partial charge in [-0.1, -0.05) is 109 Å². The largest absolute Gasteiger partial charge is 0.208 e. The van der Waals surface area contributed by atoms with Crippen molar-refractivity contribution in [2.45, 2.75) is 6.42 Å². The van der Waals surface area contributed by atoms with Gasteiger partial charge >= 0.3 is 0 Å². The van der Waals surface area contributed by atoms with Gasteiger partial charge in [0.15, 0.2) is 17.5 Å². The third kappa shape index (κ3) is 3.15. The SMILES string of the molecule is BrC1=C2C=CC=CC23CC=CC(c2nc(-c4ccccc4)nc(-c4ccccc4)n2)=C3S1. The maximum absolute atomic E-state index is 4.95. The summed E-state index contributed by atoms with van der Waals surface area (Å²) in [5.74, 6) is 2.08.